The highest BCUT2D eigenvalue weighted by Gasteiger charge is 2.14. The van der Waals surface area contributed by atoms with E-state index in [1.165, 1.54) is 6.07 Å². The third-order valence-corrected chi connectivity index (χ3v) is 3.28. The van der Waals surface area contributed by atoms with Crippen LogP contribution >= 0.6 is 11.6 Å². The third-order valence-electron chi connectivity index (χ3n) is 3.05. The molecule has 2 rings (SSSR count). The lowest BCUT2D eigenvalue weighted by Crippen LogP contribution is -2.03. The summed E-state index contributed by atoms with van der Waals surface area (Å²) in [4.78, 5) is 0. The van der Waals surface area contributed by atoms with Gasteiger partial charge < -0.3 is 5.11 Å². The monoisotopic (exact) mass is 264 g/mol. The lowest BCUT2D eigenvalue weighted by atomic mass is 9.97. The smallest absolute Gasteiger partial charge is 0.126 e. The predicted octanol–water partition coefficient (Wildman–Crippen LogP) is 4.18. The van der Waals surface area contributed by atoms with E-state index in [0.29, 0.717) is 21.7 Å². The summed E-state index contributed by atoms with van der Waals surface area (Å²) in [5.74, 6) is -0.314. The fourth-order valence-electron chi connectivity index (χ4n) is 1.86. The Morgan fingerprint density at radius 2 is 1.72 bits per heavy atom. The van der Waals surface area contributed by atoms with E-state index in [9.17, 15) is 9.50 Å². The summed E-state index contributed by atoms with van der Waals surface area (Å²) in [6, 6.07) is 10.1. The first kappa shape index (κ1) is 13.1. The number of rotatable bonds is 2. The van der Waals surface area contributed by atoms with Crippen LogP contribution in [0, 0.1) is 19.7 Å². The molecule has 0 spiro atoms. The molecule has 0 aliphatic carbocycles. The number of halogens is 2. The number of aliphatic hydroxyl groups is 1. The summed E-state index contributed by atoms with van der Waals surface area (Å²) in [7, 11) is 0. The minimum absolute atomic E-state index is 0.314. The molecule has 0 radical (unpaired) electrons. The lowest BCUT2D eigenvalue weighted by Gasteiger charge is -2.15. The highest BCUT2D eigenvalue weighted by molar-refractivity contribution is 6.30. The van der Waals surface area contributed by atoms with Crippen LogP contribution < -0.4 is 0 Å². The molecule has 0 amide bonds. The van der Waals surface area contributed by atoms with Crippen LogP contribution in [0.1, 0.15) is 28.4 Å². The van der Waals surface area contributed by atoms with Crippen LogP contribution in [0.15, 0.2) is 36.4 Å². The highest BCUT2D eigenvalue weighted by atomic mass is 35.5. The fraction of sp³-hybridized carbons (Fsp3) is 0.200. The van der Waals surface area contributed by atoms with E-state index in [1.54, 1.807) is 31.2 Å². The van der Waals surface area contributed by atoms with Crippen molar-refractivity contribution in [1.82, 2.24) is 0 Å². The Morgan fingerprint density at radius 3 is 2.39 bits per heavy atom. The molecule has 0 aliphatic rings. The van der Waals surface area contributed by atoms with Gasteiger partial charge in [-0.3, -0.25) is 0 Å². The molecule has 0 heterocycles. The Morgan fingerprint density at radius 1 is 1.06 bits per heavy atom. The Kier molecular flexibility index (Phi) is 3.69. The van der Waals surface area contributed by atoms with Gasteiger partial charge >= 0.3 is 0 Å². The number of hydrogen-bond donors (Lipinski definition) is 1. The molecule has 0 aliphatic heterocycles. The fourth-order valence-corrected chi connectivity index (χ4v) is 2.05. The van der Waals surface area contributed by atoms with Gasteiger partial charge in [-0.25, -0.2) is 4.39 Å². The van der Waals surface area contributed by atoms with Crippen molar-refractivity contribution in [3.8, 4) is 0 Å². The molecule has 3 heteroatoms. The van der Waals surface area contributed by atoms with E-state index in [0.717, 1.165) is 5.56 Å². The van der Waals surface area contributed by atoms with Gasteiger partial charge in [-0.1, -0.05) is 29.8 Å². The third kappa shape index (κ3) is 2.55. The zero-order valence-corrected chi connectivity index (χ0v) is 11.0. The van der Waals surface area contributed by atoms with Gasteiger partial charge in [0.1, 0.15) is 11.9 Å². The van der Waals surface area contributed by atoms with Gasteiger partial charge in [-0.15, -0.1) is 0 Å². The first-order valence-electron chi connectivity index (χ1n) is 5.69. The first-order chi connectivity index (χ1) is 8.49. The summed E-state index contributed by atoms with van der Waals surface area (Å²) in [6.45, 7) is 3.58. The highest BCUT2D eigenvalue weighted by Crippen LogP contribution is 2.28. The molecular formula is C15H14ClFO. The molecule has 0 fully saturated rings. The quantitative estimate of drug-likeness (QED) is 0.863. The predicted molar refractivity (Wildman–Crippen MR) is 71.4 cm³/mol. The maximum atomic E-state index is 13.5. The molecule has 2 aromatic rings. The normalized spacial score (nSPS) is 12.5. The second-order valence-electron chi connectivity index (χ2n) is 4.41. The van der Waals surface area contributed by atoms with Gasteiger partial charge in [0.15, 0.2) is 0 Å². The van der Waals surface area contributed by atoms with Crippen LogP contribution in [0.4, 0.5) is 4.39 Å². The Balaban J connectivity index is 2.44. The average Bonchev–Trinajstić information content (AvgIpc) is 2.35. The van der Waals surface area contributed by atoms with Crippen LogP contribution in [0.3, 0.4) is 0 Å². The summed E-state index contributed by atoms with van der Waals surface area (Å²) in [6.07, 6.45) is -0.862. The molecule has 1 unspecified atom stereocenters. The summed E-state index contributed by atoms with van der Waals surface area (Å²) in [5, 5.41) is 10.8. The van der Waals surface area contributed by atoms with E-state index in [2.05, 4.69) is 0 Å². The van der Waals surface area contributed by atoms with Gasteiger partial charge in [0.2, 0.25) is 0 Å². The maximum Gasteiger partial charge on any atom is 0.126 e. The molecule has 0 bridgehead atoms. The zero-order chi connectivity index (χ0) is 13.3. The van der Waals surface area contributed by atoms with Crippen molar-refractivity contribution in [2.45, 2.75) is 20.0 Å². The lowest BCUT2D eigenvalue weighted by molar-refractivity contribution is 0.219. The second kappa shape index (κ2) is 5.09. The number of benzene rings is 2. The van der Waals surface area contributed by atoms with Gasteiger partial charge in [-0.2, -0.15) is 0 Å². The molecular weight excluding hydrogens is 251 g/mol. The topological polar surface area (TPSA) is 20.2 Å². The second-order valence-corrected chi connectivity index (χ2v) is 4.85. The maximum absolute atomic E-state index is 13.5. The number of aryl methyl sites for hydroxylation is 2. The summed E-state index contributed by atoms with van der Waals surface area (Å²) < 4.78 is 13.5. The minimum Gasteiger partial charge on any atom is -0.384 e. The van der Waals surface area contributed by atoms with E-state index in [4.69, 9.17) is 11.6 Å². The zero-order valence-electron chi connectivity index (χ0n) is 10.2. The van der Waals surface area contributed by atoms with Crippen molar-refractivity contribution >= 4 is 11.6 Å². The summed E-state index contributed by atoms with van der Waals surface area (Å²) in [5.41, 5.74) is 2.72. The molecule has 0 saturated heterocycles. The van der Waals surface area contributed by atoms with Crippen molar-refractivity contribution in [1.29, 1.82) is 0 Å². The molecule has 1 nitrogen and oxygen atoms in total. The molecule has 94 valence electrons. The van der Waals surface area contributed by atoms with Crippen LogP contribution in [0.2, 0.25) is 5.02 Å². The van der Waals surface area contributed by atoms with E-state index < -0.39 is 6.10 Å². The molecule has 0 saturated carbocycles. The largest absolute Gasteiger partial charge is 0.384 e. The van der Waals surface area contributed by atoms with Crippen LogP contribution in [-0.2, 0) is 0 Å². The van der Waals surface area contributed by atoms with Crippen LogP contribution in [0.5, 0.6) is 0 Å². The Labute approximate surface area is 111 Å². The van der Waals surface area contributed by atoms with Crippen molar-refractivity contribution in [2.75, 3.05) is 0 Å². The first-order valence-corrected chi connectivity index (χ1v) is 6.07. The van der Waals surface area contributed by atoms with Gasteiger partial charge in [0, 0.05) is 5.02 Å². The van der Waals surface area contributed by atoms with E-state index >= 15 is 0 Å². The Bertz CT molecular complexity index is 581. The molecule has 18 heavy (non-hydrogen) atoms. The number of aliphatic hydroxyl groups excluding tert-OH is 1. The standard InChI is InChI=1S/C15H14ClFO/c1-9-4-6-12(16)8-13(9)15(18)11-5-3-10(2)14(17)7-11/h3-8,15,18H,1-2H3. The van der Waals surface area contributed by atoms with Crippen molar-refractivity contribution in [2.24, 2.45) is 0 Å². The van der Waals surface area contributed by atoms with Crippen molar-refractivity contribution in [3.05, 3.63) is 69.5 Å². The van der Waals surface area contributed by atoms with Crippen LogP contribution in [0.25, 0.3) is 0 Å². The molecule has 2 aromatic carbocycles. The SMILES string of the molecule is Cc1ccc(C(O)c2cc(Cl)ccc2C)cc1F. The van der Waals surface area contributed by atoms with Crippen molar-refractivity contribution in [3.63, 3.8) is 0 Å². The Hall–Kier alpha value is -1.38. The van der Waals surface area contributed by atoms with Crippen LogP contribution in [-0.4, -0.2) is 5.11 Å². The van der Waals surface area contributed by atoms with Gasteiger partial charge in [0.25, 0.3) is 0 Å². The van der Waals surface area contributed by atoms with E-state index in [-0.39, 0.29) is 5.82 Å². The van der Waals surface area contributed by atoms with E-state index in [1.807, 2.05) is 13.0 Å². The summed E-state index contributed by atoms with van der Waals surface area (Å²) >= 11 is 5.92. The number of hydrogen-bond acceptors (Lipinski definition) is 1. The van der Waals surface area contributed by atoms with Gasteiger partial charge in [-0.05, 0) is 54.3 Å². The molecule has 1 N–H and O–H groups in total. The van der Waals surface area contributed by atoms with Gasteiger partial charge in [0.05, 0.1) is 0 Å². The average molecular weight is 265 g/mol. The minimum atomic E-state index is -0.862. The van der Waals surface area contributed by atoms with Crippen molar-refractivity contribution < 1.29 is 9.50 Å². The molecule has 1 atom stereocenters. The molecule has 0 aromatic heterocycles.